The van der Waals surface area contributed by atoms with Crippen LogP contribution in [0.3, 0.4) is 0 Å². The highest BCUT2D eigenvalue weighted by atomic mass is 19.4. The topological polar surface area (TPSA) is 52.9 Å². The van der Waals surface area contributed by atoms with E-state index < -0.39 is 17.0 Å². The molecular formula is C20H21F3N2O. The van der Waals surface area contributed by atoms with Crippen molar-refractivity contribution in [3.63, 3.8) is 0 Å². The summed E-state index contributed by atoms with van der Waals surface area (Å²) in [6.45, 7) is 0. The minimum absolute atomic E-state index is 0.0662. The molecule has 26 heavy (non-hydrogen) atoms. The van der Waals surface area contributed by atoms with Gasteiger partial charge in [-0.2, -0.15) is 18.4 Å². The van der Waals surface area contributed by atoms with Crippen molar-refractivity contribution in [2.75, 3.05) is 0 Å². The molecule has 0 saturated heterocycles. The van der Waals surface area contributed by atoms with Crippen molar-refractivity contribution in [1.82, 2.24) is 5.32 Å². The molecule has 2 fully saturated rings. The molecular weight excluding hydrogens is 341 g/mol. The van der Waals surface area contributed by atoms with Crippen LogP contribution in [0.1, 0.15) is 67.7 Å². The third-order valence-corrected chi connectivity index (χ3v) is 6.82. The zero-order chi connectivity index (χ0) is 18.6. The third-order valence-electron chi connectivity index (χ3n) is 6.82. The zero-order valence-corrected chi connectivity index (χ0v) is 14.5. The predicted octanol–water partition coefficient (Wildman–Crippen LogP) is 4.56. The largest absolute Gasteiger partial charge is 0.394 e. The van der Waals surface area contributed by atoms with Crippen LogP contribution in [0.15, 0.2) is 18.2 Å². The van der Waals surface area contributed by atoms with Crippen molar-refractivity contribution in [2.45, 2.75) is 63.6 Å². The maximum absolute atomic E-state index is 13.4. The van der Waals surface area contributed by atoms with E-state index in [2.05, 4.69) is 11.4 Å². The fourth-order valence-corrected chi connectivity index (χ4v) is 5.24. The summed E-state index contributed by atoms with van der Waals surface area (Å²) in [5.41, 5.74) is 0.130. The molecule has 3 nitrogen and oxygen atoms in total. The Bertz CT molecular complexity index is 785. The maximum atomic E-state index is 13.4. The molecule has 4 rings (SSSR count). The molecule has 1 aromatic rings. The summed E-state index contributed by atoms with van der Waals surface area (Å²) in [6.07, 6.45) is -0.972. The molecule has 3 aliphatic rings. The summed E-state index contributed by atoms with van der Waals surface area (Å²) < 4.78 is 40.3. The fraction of sp³-hybridized carbons (Fsp3) is 0.600. The molecule has 1 unspecified atom stereocenters. The van der Waals surface area contributed by atoms with Gasteiger partial charge in [0, 0.05) is 0 Å². The van der Waals surface area contributed by atoms with Gasteiger partial charge in [0.1, 0.15) is 0 Å². The van der Waals surface area contributed by atoms with Crippen LogP contribution in [0, 0.1) is 22.2 Å². The van der Waals surface area contributed by atoms with E-state index in [9.17, 15) is 18.0 Å². The number of hydrogen-bond acceptors (Lipinski definition) is 2. The minimum Gasteiger partial charge on any atom is -0.349 e. The number of benzene rings is 1. The van der Waals surface area contributed by atoms with Gasteiger partial charge in [-0.3, -0.25) is 4.79 Å². The number of hydrogen-bond donors (Lipinski definition) is 1. The number of aryl methyl sites for hydroxylation is 1. The Hall–Kier alpha value is -2.03. The van der Waals surface area contributed by atoms with Crippen LogP contribution in [0.2, 0.25) is 0 Å². The van der Waals surface area contributed by atoms with Crippen LogP contribution in [0.25, 0.3) is 0 Å². The zero-order valence-electron chi connectivity index (χ0n) is 14.5. The molecule has 2 bridgehead atoms. The van der Waals surface area contributed by atoms with Gasteiger partial charge in [0.25, 0.3) is 0 Å². The van der Waals surface area contributed by atoms with Crippen molar-refractivity contribution in [3.8, 4) is 6.07 Å². The number of nitrogens with zero attached hydrogens (tertiary/aromatic N) is 1. The van der Waals surface area contributed by atoms with Crippen LogP contribution in [-0.4, -0.2) is 12.1 Å². The second kappa shape index (κ2) is 5.73. The lowest BCUT2D eigenvalue weighted by molar-refractivity contribution is -0.220. The molecule has 3 aliphatic carbocycles. The number of carbonyl (C=O) groups is 1. The van der Waals surface area contributed by atoms with Gasteiger partial charge < -0.3 is 5.32 Å². The normalized spacial score (nSPS) is 32.8. The number of nitrogens with one attached hydrogen (secondary N) is 1. The summed E-state index contributed by atoms with van der Waals surface area (Å²) >= 11 is 0. The highest BCUT2D eigenvalue weighted by molar-refractivity contribution is 5.84. The van der Waals surface area contributed by atoms with Gasteiger partial charge in [-0.15, -0.1) is 0 Å². The lowest BCUT2D eigenvalue weighted by Gasteiger charge is -2.32. The van der Waals surface area contributed by atoms with Crippen LogP contribution >= 0.6 is 0 Å². The standard InChI is InChI=1S/C20H21F3N2O/c21-20(22,23)19-8-6-18(12-19,7-9-19)17(26)25-16-3-1-2-14-10-13(11-24)4-5-15(14)16/h4-5,10,16H,1-3,6-9,12H2,(H,25,26). The first-order valence-electron chi connectivity index (χ1n) is 9.19. The van der Waals surface area contributed by atoms with Gasteiger partial charge in [0.2, 0.25) is 5.91 Å². The maximum Gasteiger partial charge on any atom is 0.394 e. The van der Waals surface area contributed by atoms with E-state index in [4.69, 9.17) is 5.26 Å². The van der Waals surface area contributed by atoms with Gasteiger partial charge in [0.15, 0.2) is 0 Å². The first-order chi connectivity index (χ1) is 12.3. The smallest absolute Gasteiger partial charge is 0.349 e. The average molecular weight is 362 g/mol. The molecule has 0 aliphatic heterocycles. The first kappa shape index (κ1) is 17.4. The summed E-state index contributed by atoms with van der Waals surface area (Å²) in [4.78, 5) is 13.0. The van der Waals surface area contributed by atoms with Gasteiger partial charge in [0.05, 0.1) is 28.5 Å². The Balaban J connectivity index is 1.53. The van der Waals surface area contributed by atoms with Crippen molar-refractivity contribution < 1.29 is 18.0 Å². The van der Waals surface area contributed by atoms with Crippen molar-refractivity contribution in [1.29, 1.82) is 5.26 Å². The summed E-state index contributed by atoms with van der Waals surface area (Å²) in [7, 11) is 0. The fourth-order valence-electron chi connectivity index (χ4n) is 5.24. The molecule has 2 saturated carbocycles. The Morgan fingerprint density at radius 1 is 1.23 bits per heavy atom. The lowest BCUT2D eigenvalue weighted by Crippen LogP contribution is -2.41. The highest BCUT2D eigenvalue weighted by Crippen LogP contribution is 2.67. The number of carbonyl (C=O) groups excluding carboxylic acids is 1. The van der Waals surface area contributed by atoms with E-state index in [1.54, 1.807) is 6.07 Å². The van der Waals surface area contributed by atoms with Crippen LogP contribution in [-0.2, 0) is 11.2 Å². The third kappa shape index (κ3) is 2.52. The second-order valence-corrected chi connectivity index (χ2v) is 8.18. The summed E-state index contributed by atoms with van der Waals surface area (Å²) in [6, 6.07) is 7.42. The van der Waals surface area contributed by atoms with Crippen LogP contribution in [0.4, 0.5) is 13.2 Å². The molecule has 0 radical (unpaired) electrons. The van der Waals surface area contributed by atoms with Gasteiger partial charge >= 0.3 is 6.18 Å². The molecule has 1 amide bonds. The Morgan fingerprint density at radius 3 is 2.58 bits per heavy atom. The van der Waals surface area contributed by atoms with E-state index >= 15 is 0 Å². The first-order valence-corrected chi connectivity index (χ1v) is 9.19. The Morgan fingerprint density at radius 2 is 1.96 bits per heavy atom. The highest BCUT2D eigenvalue weighted by Gasteiger charge is 2.68. The SMILES string of the molecule is N#Cc1ccc2c(c1)CCCC2NC(=O)C12CCC(C(F)(F)F)(CC1)C2. The molecule has 1 atom stereocenters. The number of amides is 1. The van der Waals surface area contributed by atoms with E-state index in [0.29, 0.717) is 18.4 Å². The molecule has 0 spiro atoms. The molecule has 0 heterocycles. The van der Waals surface area contributed by atoms with Crippen molar-refractivity contribution in [2.24, 2.45) is 10.8 Å². The van der Waals surface area contributed by atoms with E-state index in [1.807, 2.05) is 12.1 Å². The van der Waals surface area contributed by atoms with Crippen LogP contribution < -0.4 is 5.32 Å². The predicted molar refractivity (Wildman–Crippen MR) is 89.0 cm³/mol. The Kier molecular flexibility index (Phi) is 3.83. The molecule has 6 heteroatoms. The number of fused-ring (bicyclic) bond motifs is 3. The number of nitriles is 1. The molecule has 0 aromatic heterocycles. The average Bonchev–Trinajstić information content (AvgIpc) is 3.21. The lowest BCUT2D eigenvalue weighted by atomic mass is 9.80. The van der Waals surface area contributed by atoms with Gasteiger partial charge in [-0.05, 0) is 74.6 Å². The molecule has 1 N–H and O–H groups in total. The van der Waals surface area contributed by atoms with Crippen molar-refractivity contribution in [3.05, 3.63) is 34.9 Å². The van der Waals surface area contributed by atoms with Gasteiger partial charge in [-0.1, -0.05) is 6.07 Å². The quantitative estimate of drug-likeness (QED) is 0.838. The van der Waals surface area contributed by atoms with E-state index in [-0.39, 0.29) is 31.2 Å². The minimum atomic E-state index is -4.23. The molecule has 1 aromatic carbocycles. The number of alkyl halides is 3. The summed E-state index contributed by atoms with van der Waals surface area (Å²) in [5.74, 6) is -0.219. The number of halogens is 3. The molecule has 138 valence electrons. The second-order valence-electron chi connectivity index (χ2n) is 8.18. The van der Waals surface area contributed by atoms with Crippen LogP contribution in [0.5, 0.6) is 0 Å². The monoisotopic (exact) mass is 362 g/mol. The van der Waals surface area contributed by atoms with E-state index in [0.717, 1.165) is 30.4 Å². The van der Waals surface area contributed by atoms with E-state index in [1.165, 1.54) is 0 Å². The van der Waals surface area contributed by atoms with Gasteiger partial charge in [-0.25, -0.2) is 0 Å². The number of rotatable bonds is 2. The summed E-state index contributed by atoms with van der Waals surface area (Å²) in [5, 5.41) is 12.1. The Labute approximate surface area is 150 Å². The van der Waals surface area contributed by atoms with Crippen molar-refractivity contribution >= 4 is 5.91 Å².